The summed E-state index contributed by atoms with van der Waals surface area (Å²) < 4.78 is 5.08. The van der Waals surface area contributed by atoms with Crippen molar-refractivity contribution in [2.45, 2.75) is 18.9 Å². The number of rotatable bonds is 5. The van der Waals surface area contributed by atoms with Gasteiger partial charge in [-0.05, 0) is 24.8 Å². The molecule has 0 aliphatic heterocycles. The zero-order valence-corrected chi connectivity index (χ0v) is 12.0. The van der Waals surface area contributed by atoms with E-state index in [9.17, 15) is 20.0 Å². The average molecular weight is 294 g/mol. The molecule has 1 amide bonds. The van der Waals surface area contributed by atoms with E-state index in [1.165, 1.54) is 25.3 Å². The monoisotopic (exact) mass is 294 g/mol. The van der Waals surface area contributed by atoms with Crippen LogP contribution in [0.3, 0.4) is 0 Å². The van der Waals surface area contributed by atoms with Crippen LogP contribution in [-0.2, 0) is 0 Å². The molecule has 1 fully saturated rings. The molecule has 0 heterocycles. The number of aliphatic hydroxyl groups is 1. The van der Waals surface area contributed by atoms with Crippen LogP contribution in [-0.4, -0.2) is 47.6 Å². The highest BCUT2D eigenvalue weighted by atomic mass is 16.6. The first kappa shape index (κ1) is 15.2. The van der Waals surface area contributed by atoms with E-state index in [1.807, 2.05) is 0 Å². The van der Waals surface area contributed by atoms with Crippen molar-refractivity contribution in [1.82, 2.24) is 4.90 Å². The second-order valence-electron chi connectivity index (χ2n) is 5.32. The fourth-order valence-electron chi connectivity index (χ4n) is 2.50. The Kier molecular flexibility index (Phi) is 4.42. The zero-order chi connectivity index (χ0) is 15.6. The van der Waals surface area contributed by atoms with Crippen molar-refractivity contribution in [2.24, 2.45) is 5.92 Å². The SMILES string of the molecule is COc1cc([N+](=O)[O-])ccc1C(=O)N(C)CC1CC(O)C1. The minimum Gasteiger partial charge on any atom is -0.496 e. The smallest absolute Gasteiger partial charge is 0.273 e. The van der Waals surface area contributed by atoms with Gasteiger partial charge in [0.05, 0.1) is 29.8 Å². The van der Waals surface area contributed by atoms with Crippen molar-refractivity contribution < 1.29 is 19.6 Å². The molecule has 0 saturated heterocycles. The van der Waals surface area contributed by atoms with Crippen LogP contribution in [0.5, 0.6) is 5.75 Å². The predicted molar refractivity (Wildman–Crippen MR) is 75.3 cm³/mol. The molecule has 0 atom stereocenters. The highest BCUT2D eigenvalue weighted by Gasteiger charge is 2.30. The summed E-state index contributed by atoms with van der Waals surface area (Å²) >= 11 is 0. The first-order valence-electron chi connectivity index (χ1n) is 6.68. The lowest BCUT2D eigenvalue weighted by molar-refractivity contribution is -0.384. The van der Waals surface area contributed by atoms with E-state index in [0.717, 1.165) is 0 Å². The molecule has 1 aliphatic rings. The number of nitrogens with zero attached hydrogens (tertiary/aromatic N) is 2. The number of hydrogen-bond acceptors (Lipinski definition) is 5. The Balaban J connectivity index is 2.12. The number of ether oxygens (including phenoxy) is 1. The van der Waals surface area contributed by atoms with Gasteiger partial charge in [0.1, 0.15) is 5.75 Å². The number of benzene rings is 1. The fourth-order valence-corrected chi connectivity index (χ4v) is 2.50. The molecule has 7 heteroatoms. The molecule has 0 spiro atoms. The molecule has 1 aliphatic carbocycles. The molecule has 7 nitrogen and oxygen atoms in total. The van der Waals surface area contributed by atoms with Crippen molar-refractivity contribution in [1.29, 1.82) is 0 Å². The van der Waals surface area contributed by atoms with Gasteiger partial charge in [-0.1, -0.05) is 0 Å². The highest BCUT2D eigenvalue weighted by molar-refractivity contribution is 5.97. The Bertz CT molecular complexity index is 554. The molecule has 0 unspecified atom stereocenters. The van der Waals surface area contributed by atoms with Gasteiger partial charge in [0.15, 0.2) is 0 Å². The summed E-state index contributed by atoms with van der Waals surface area (Å²) in [6.07, 6.45) is 1.15. The molecule has 2 rings (SSSR count). The third-order valence-corrected chi connectivity index (χ3v) is 3.72. The second kappa shape index (κ2) is 6.09. The number of methoxy groups -OCH3 is 1. The lowest BCUT2D eigenvalue weighted by Gasteiger charge is -2.34. The number of nitro benzene ring substituents is 1. The summed E-state index contributed by atoms with van der Waals surface area (Å²) in [7, 11) is 3.05. The van der Waals surface area contributed by atoms with Gasteiger partial charge in [0, 0.05) is 19.7 Å². The molecular weight excluding hydrogens is 276 g/mol. The van der Waals surface area contributed by atoms with Gasteiger partial charge in [-0.2, -0.15) is 0 Å². The third-order valence-electron chi connectivity index (χ3n) is 3.72. The summed E-state index contributed by atoms with van der Waals surface area (Å²) in [5, 5.41) is 20.0. The van der Waals surface area contributed by atoms with Crippen molar-refractivity contribution in [3.05, 3.63) is 33.9 Å². The molecule has 0 bridgehead atoms. The summed E-state index contributed by atoms with van der Waals surface area (Å²) in [5.74, 6) is 0.246. The van der Waals surface area contributed by atoms with Crippen molar-refractivity contribution in [3.63, 3.8) is 0 Å². The average Bonchev–Trinajstić information content (AvgIpc) is 2.43. The number of aliphatic hydroxyl groups excluding tert-OH is 1. The maximum Gasteiger partial charge on any atom is 0.273 e. The normalized spacial score (nSPS) is 20.5. The largest absolute Gasteiger partial charge is 0.496 e. The maximum absolute atomic E-state index is 12.4. The molecule has 1 N–H and O–H groups in total. The second-order valence-corrected chi connectivity index (χ2v) is 5.32. The van der Waals surface area contributed by atoms with Crippen molar-refractivity contribution >= 4 is 11.6 Å². The van der Waals surface area contributed by atoms with Crippen LogP contribution in [0.15, 0.2) is 18.2 Å². The minimum absolute atomic E-state index is 0.117. The van der Waals surface area contributed by atoms with E-state index < -0.39 is 4.92 Å². The summed E-state index contributed by atoms with van der Waals surface area (Å²) in [4.78, 5) is 24.1. The van der Waals surface area contributed by atoms with Crippen LogP contribution in [0.25, 0.3) is 0 Å². The standard InChI is InChI=1S/C14H18N2O5/c1-15(8-9-5-11(17)6-9)14(18)12-4-3-10(16(19)20)7-13(12)21-2/h3-4,7,9,11,17H,5-6,8H2,1-2H3. The van der Waals surface area contributed by atoms with Crippen LogP contribution < -0.4 is 4.74 Å². The molecular formula is C14H18N2O5. The quantitative estimate of drug-likeness (QED) is 0.655. The van der Waals surface area contributed by atoms with Crippen molar-refractivity contribution in [3.8, 4) is 5.75 Å². The van der Waals surface area contributed by atoms with Crippen LogP contribution in [0.2, 0.25) is 0 Å². The lowest BCUT2D eigenvalue weighted by atomic mass is 9.82. The molecule has 1 saturated carbocycles. The number of nitro groups is 1. The van der Waals surface area contributed by atoms with Crippen LogP contribution in [0.1, 0.15) is 23.2 Å². The van der Waals surface area contributed by atoms with E-state index in [2.05, 4.69) is 0 Å². The summed E-state index contributed by atoms with van der Waals surface area (Å²) in [6, 6.07) is 3.94. The first-order valence-corrected chi connectivity index (χ1v) is 6.68. The Morgan fingerprint density at radius 2 is 2.19 bits per heavy atom. The molecule has 1 aromatic carbocycles. The van der Waals surface area contributed by atoms with Gasteiger partial charge in [0.25, 0.3) is 11.6 Å². The van der Waals surface area contributed by atoms with Crippen LogP contribution >= 0.6 is 0 Å². The Hall–Kier alpha value is -2.15. The Morgan fingerprint density at radius 3 is 2.71 bits per heavy atom. The Morgan fingerprint density at radius 1 is 1.52 bits per heavy atom. The van der Waals surface area contributed by atoms with Crippen LogP contribution in [0, 0.1) is 16.0 Å². The maximum atomic E-state index is 12.4. The van der Waals surface area contributed by atoms with E-state index >= 15 is 0 Å². The highest BCUT2D eigenvalue weighted by Crippen LogP contribution is 2.29. The number of amides is 1. The molecule has 1 aromatic rings. The first-order chi connectivity index (χ1) is 9.92. The molecule has 21 heavy (non-hydrogen) atoms. The number of carbonyl (C=O) groups is 1. The molecule has 0 radical (unpaired) electrons. The van der Waals surface area contributed by atoms with Gasteiger partial charge >= 0.3 is 0 Å². The van der Waals surface area contributed by atoms with E-state index in [4.69, 9.17) is 4.74 Å². The van der Waals surface area contributed by atoms with Gasteiger partial charge in [-0.15, -0.1) is 0 Å². The van der Waals surface area contributed by atoms with Gasteiger partial charge in [0.2, 0.25) is 0 Å². The van der Waals surface area contributed by atoms with E-state index in [0.29, 0.717) is 30.9 Å². The minimum atomic E-state index is -0.532. The Labute approximate surface area is 122 Å². The van der Waals surface area contributed by atoms with E-state index in [-0.39, 0.29) is 23.4 Å². The van der Waals surface area contributed by atoms with E-state index in [1.54, 1.807) is 11.9 Å². The third kappa shape index (κ3) is 3.30. The summed E-state index contributed by atoms with van der Waals surface area (Å²) in [5.41, 5.74) is 0.179. The zero-order valence-electron chi connectivity index (χ0n) is 12.0. The fraction of sp³-hybridized carbons (Fsp3) is 0.500. The van der Waals surface area contributed by atoms with Crippen LogP contribution in [0.4, 0.5) is 5.69 Å². The van der Waals surface area contributed by atoms with Crippen molar-refractivity contribution in [2.75, 3.05) is 20.7 Å². The predicted octanol–water partition coefficient (Wildman–Crippen LogP) is 1.45. The van der Waals surface area contributed by atoms with Gasteiger partial charge in [-0.3, -0.25) is 14.9 Å². The van der Waals surface area contributed by atoms with Gasteiger partial charge < -0.3 is 14.7 Å². The lowest BCUT2D eigenvalue weighted by Crippen LogP contribution is -2.39. The topological polar surface area (TPSA) is 92.9 Å². The molecule has 0 aromatic heterocycles. The molecule has 114 valence electrons. The van der Waals surface area contributed by atoms with Gasteiger partial charge in [-0.25, -0.2) is 0 Å². The number of carbonyl (C=O) groups excluding carboxylic acids is 1. The summed E-state index contributed by atoms with van der Waals surface area (Å²) in [6.45, 7) is 0.552. The number of non-ortho nitro benzene ring substituents is 1. The number of hydrogen-bond donors (Lipinski definition) is 1.